The van der Waals surface area contributed by atoms with Crippen molar-refractivity contribution in [2.45, 2.75) is 51.4 Å². The van der Waals surface area contributed by atoms with Gasteiger partial charge in [-0.25, -0.2) is 8.42 Å². The van der Waals surface area contributed by atoms with E-state index in [1.807, 2.05) is 6.07 Å². The zero-order valence-corrected chi connectivity index (χ0v) is 18.6. The molecule has 130 valence electrons. The molecule has 0 aliphatic heterocycles. The molecule has 0 saturated heterocycles. The Hall–Kier alpha value is 0.236. The molecule has 5 nitrogen and oxygen atoms in total. The number of hydrogen-bond acceptors (Lipinski definition) is 5. The predicted molar refractivity (Wildman–Crippen MR) is 86.4 cm³/mol. The van der Waals surface area contributed by atoms with Crippen molar-refractivity contribution >= 4 is 16.2 Å². The van der Waals surface area contributed by atoms with E-state index in [0.717, 1.165) is 37.7 Å². The molecule has 25 heavy (non-hydrogen) atoms. The van der Waals surface area contributed by atoms with Gasteiger partial charge in [0.25, 0.3) is 10.4 Å². The van der Waals surface area contributed by atoms with E-state index in [2.05, 4.69) is 11.1 Å². The summed E-state index contributed by atoms with van der Waals surface area (Å²) < 4.78 is 36.8. The number of aryl methyl sites for hydroxylation is 1. The Morgan fingerprint density at radius 1 is 1.20 bits per heavy atom. The molecule has 0 radical (unpaired) electrons. The summed E-state index contributed by atoms with van der Waals surface area (Å²) in [5, 5.41) is 0. The second-order valence-electron chi connectivity index (χ2n) is 7.69. The maximum atomic E-state index is 12.3. The van der Waals surface area contributed by atoms with Gasteiger partial charge in [-0.1, -0.05) is 13.0 Å². The fourth-order valence-electron chi connectivity index (χ4n) is 5.50. The summed E-state index contributed by atoms with van der Waals surface area (Å²) >= 11 is 0. The number of hydrogen-bond donors (Lipinski definition) is 0. The molecule has 0 amide bonds. The Balaban J connectivity index is 0.00000182. The Morgan fingerprint density at radius 3 is 2.68 bits per heavy atom. The van der Waals surface area contributed by atoms with Gasteiger partial charge in [0.15, 0.2) is 0 Å². The van der Waals surface area contributed by atoms with Crippen LogP contribution in [0, 0.1) is 17.3 Å². The van der Waals surface area contributed by atoms with Gasteiger partial charge in [-0.15, -0.1) is 0 Å². The number of fused-ring (bicyclic) bond motifs is 5. The van der Waals surface area contributed by atoms with Gasteiger partial charge in [0, 0.05) is 11.8 Å². The van der Waals surface area contributed by atoms with Gasteiger partial charge in [-0.05, 0) is 73.1 Å². The number of carbonyl (C=O) groups is 1. The van der Waals surface area contributed by atoms with Gasteiger partial charge in [0.2, 0.25) is 0 Å². The van der Waals surface area contributed by atoms with Crippen LogP contribution in [0.1, 0.15) is 56.1 Å². The molecule has 0 N–H and O–H groups in total. The molecule has 3 aliphatic carbocycles. The molecule has 4 rings (SSSR count). The molecule has 2 saturated carbocycles. The van der Waals surface area contributed by atoms with Crippen molar-refractivity contribution in [1.29, 1.82) is 0 Å². The first-order chi connectivity index (χ1) is 11.3. The number of ketones is 1. The average molecular weight is 389 g/mol. The quantitative estimate of drug-likeness (QED) is 0.403. The normalized spacial score (nSPS) is 33.7. The number of benzene rings is 1. The summed E-state index contributed by atoms with van der Waals surface area (Å²) in [4.78, 5) is 12.3. The largest absolute Gasteiger partial charge is 1.00 e. The van der Waals surface area contributed by atoms with Crippen molar-refractivity contribution in [3.63, 3.8) is 0 Å². The molecular weight excluding hydrogens is 367 g/mol. The third-order valence-electron chi connectivity index (χ3n) is 6.61. The van der Waals surface area contributed by atoms with Crippen molar-refractivity contribution in [3.8, 4) is 5.75 Å². The third-order valence-corrected chi connectivity index (χ3v) is 7.00. The zero-order chi connectivity index (χ0) is 17.1. The first kappa shape index (κ1) is 20.0. The Morgan fingerprint density at radius 2 is 1.96 bits per heavy atom. The summed E-state index contributed by atoms with van der Waals surface area (Å²) in [5.41, 5.74) is 2.17. The fraction of sp³-hybridized carbons (Fsp3) is 0.611. The number of Topliss-reactive ketones (excluding diaryl/α,β-unsaturated/α-hetero) is 1. The van der Waals surface area contributed by atoms with Crippen LogP contribution in [0.5, 0.6) is 5.75 Å². The monoisotopic (exact) mass is 388 g/mol. The Bertz CT molecular complexity index is 806. The number of rotatable bonds is 2. The van der Waals surface area contributed by atoms with Crippen molar-refractivity contribution < 1.29 is 73.3 Å². The summed E-state index contributed by atoms with van der Waals surface area (Å²) in [7, 11) is -4.74. The molecule has 0 bridgehead atoms. The van der Waals surface area contributed by atoms with Gasteiger partial charge >= 0.3 is 51.4 Å². The molecule has 2 fully saturated rings. The average Bonchev–Trinajstić information content (AvgIpc) is 2.81. The summed E-state index contributed by atoms with van der Waals surface area (Å²) in [5.74, 6) is 1.95. The maximum Gasteiger partial charge on any atom is 1.00 e. The van der Waals surface area contributed by atoms with Crippen LogP contribution in [0.15, 0.2) is 18.2 Å². The van der Waals surface area contributed by atoms with Crippen LogP contribution in [0.3, 0.4) is 0 Å². The van der Waals surface area contributed by atoms with E-state index < -0.39 is 10.4 Å². The van der Waals surface area contributed by atoms with Crippen LogP contribution in [0.2, 0.25) is 0 Å². The van der Waals surface area contributed by atoms with E-state index in [-0.39, 0.29) is 62.5 Å². The molecule has 1 aromatic rings. The molecule has 0 heterocycles. The van der Waals surface area contributed by atoms with E-state index in [4.69, 9.17) is 0 Å². The minimum Gasteiger partial charge on any atom is -0.716 e. The third kappa shape index (κ3) is 3.53. The van der Waals surface area contributed by atoms with Crippen LogP contribution in [0.25, 0.3) is 0 Å². The zero-order valence-electron chi connectivity index (χ0n) is 14.7. The molecule has 3 aliphatic rings. The Labute approximate surface area is 191 Å². The van der Waals surface area contributed by atoms with Crippen LogP contribution in [-0.4, -0.2) is 18.8 Å². The molecule has 1 aromatic carbocycles. The maximum absolute atomic E-state index is 12.3. The molecule has 0 unspecified atom stereocenters. The first-order valence-electron chi connectivity index (χ1n) is 8.59. The second-order valence-corrected chi connectivity index (χ2v) is 8.67. The molecular formula is C18H21KO5S. The van der Waals surface area contributed by atoms with Crippen molar-refractivity contribution in [3.05, 3.63) is 29.3 Å². The van der Waals surface area contributed by atoms with Gasteiger partial charge < -0.3 is 8.74 Å². The fourth-order valence-corrected chi connectivity index (χ4v) is 5.84. The standard InChI is InChI=1S/C18H22O5S.K/c1-18-9-8-14-13-5-3-12(23-24(20,21)22)10-11(13)2-4-15(14)16(18)6-7-17(18)19;/h3,5,10,14-16H,2,4,6-9H2,1H3,(H,20,21,22);/q;+1/p-1/t14-,15+,16-,18-;/m0./s1. The predicted octanol–water partition coefficient (Wildman–Crippen LogP) is -0.0452. The van der Waals surface area contributed by atoms with Crippen molar-refractivity contribution in [2.75, 3.05) is 0 Å². The second kappa shape index (κ2) is 7.00. The molecule has 4 atom stereocenters. The minimum absolute atomic E-state index is 0. The molecule has 7 heteroatoms. The summed E-state index contributed by atoms with van der Waals surface area (Å²) in [6.45, 7) is 2.15. The molecule has 0 spiro atoms. The van der Waals surface area contributed by atoms with Crippen LogP contribution in [-0.2, 0) is 21.6 Å². The topological polar surface area (TPSA) is 83.5 Å². The van der Waals surface area contributed by atoms with Crippen molar-refractivity contribution in [1.82, 2.24) is 0 Å². The van der Waals surface area contributed by atoms with Crippen LogP contribution in [0.4, 0.5) is 0 Å². The van der Waals surface area contributed by atoms with E-state index >= 15 is 0 Å². The Kier molecular flexibility index (Phi) is 5.60. The van der Waals surface area contributed by atoms with Crippen LogP contribution < -0.4 is 55.6 Å². The smallest absolute Gasteiger partial charge is 0.716 e. The van der Waals surface area contributed by atoms with Gasteiger partial charge in [-0.3, -0.25) is 4.79 Å². The van der Waals surface area contributed by atoms with Gasteiger partial charge in [0.05, 0.1) is 0 Å². The first-order valence-corrected chi connectivity index (χ1v) is 9.93. The van der Waals surface area contributed by atoms with Crippen molar-refractivity contribution in [2.24, 2.45) is 17.3 Å². The van der Waals surface area contributed by atoms with E-state index in [1.54, 1.807) is 12.1 Å². The van der Waals surface area contributed by atoms with E-state index in [1.165, 1.54) is 5.56 Å². The summed E-state index contributed by atoms with van der Waals surface area (Å²) in [6, 6.07) is 5.17. The minimum atomic E-state index is -4.74. The van der Waals surface area contributed by atoms with E-state index in [9.17, 15) is 17.8 Å². The van der Waals surface area contributed by atoms with E-state index in [0.29, 0.717) is 30.0 Å². The van der Waals surface area contributed by atoms with Gasteiger partial charge in [0.1, 0.15) is 11.5 Å². The SMILES string of the molecule is C[C@]12CC[C@H]3c4ccc(OS(=O)(=O)[O-])cc4CC[C@H]3[C@@H]1CCC2=O.[K+]. The number of carbonyl (C=O) groups excluding carboxylic acids is 1. The summed E-state index contributed by atoms with van der Waals surface area (Å²) in [6.07, 6.45) is 5.50. The van der Waals surface area contributed by atoms with Gasteiger partial charge in [-0.2, -0.15) is 0 Å². The van der Waals surface area contributed by atoms with Crippen LogP contribution >= 0.6 is 0 Å². The molecule has 0 aromatic heterocycles.